The molecule has 2 unspecified atom stereocenters. The van der Waals surface area contributed by atoms with Crippen LogP contribution in [0.4, 0.5) is 0 Å². The van der Waals surface area contributed by atoms with Crippen LogP contribution in [-0.2, 0) is 0 Å². The first-order valence-electron chi connectivity index (χ1n) is 3.86. The lowest BCUT2D eigenvalue weighted by molar-refractivity contribution is 0.550. The molecule has 2 aliphatic heterocycles. The van der Waals surface area contributed by atoms with Crippen LogP contribution in [0, 0.1) is 0 Å². The zero-order valence-corrected chi connectivity index (χ0v) is 5.64. The first-order valence-corrected chi connectivity index (χ1v) is 3.86. The first-order chi connectivity index (χ1) is 4.45. The number of nitrogens with one attached hydrogen (secondary N) is 1. The minimum atomic E-state index is 0.664. The van der Waals surface area contributed by atoms with E-state index >= 15 is 0 Å². The van der Waals surface area contributed by atoms with Crippen molar-refractivity contribution in [2.75, 3.05) is 13.1 Å². The quantitative estimate of drug-likeness (QED) is 0.489. The normalized spacial score (nSPS) is 42.7. The molecule has 0 amide bonds. The summed E-state index contributed by atoms with van der Waals surface area (Å²) in [7, 11) is 0. The maximum Gasteiger partial charge on any atom is 0.0374 e. The van der Waals surface area contributed by atoms with E-state index in [1.165, 1.54) is 25.8 Å². The third-order valence-corrected chi connectivity index (χ3v) is 2.29. The molecule has 9 heavy (non-hydrogen) atoms. The molecule has 0 aromatic carbocycles. The van der Waals surface area contributed by atoms with Gasteiger partial charge in [-0.1, -0.05) is 0 Å². The van der Waals surface area contributed by atoms with Gasteiger partial charge >= 0.3 is 0 Å². The molecule has 2 aliphatic rings. The first kappa shape index (κ1) is 5.69. The summed E-state index contributed by atoms with van der Waals surface area (Å²) >= 11 is 0. The van der Waals surface area contributed by atoms with Gasteiger partial charge in [0, 0.05) is 18.6 Å². The molecule has 2 fully saturated rings. The molecule has 0 spiro atoms. The van der Waals surface area contributed by atoms with E-state index in [0.717, 1.165) is 6.54 Å². The fourth-order valence-electron chi connectivity index (χ4n) is 1.74. The van der Waals surface area contributed by atoms with Crippen LogP contribution >= 0.6 is 0 Å². The van der Waals surface area contributed by atoms with E-state index in [4.69, 9.17) is 0 Å². The van der Waals surface area contributed by atoms with Crippen molar-refractivity contribution >= 4 is 0 Å². The highest BCUT2D eigenvalue weighted by molar-refractivity contribution is 4.87. The summed E-state index contributed by atoms with van der Waals surface area (Å²) in [5.41, 5.74) is 0. The number of fused-ring (bicyclic) bond motifs is 2. The molecule has 0 aromatic rings. The minimum absolute atomic E-state index is 0.664. The van der Waals surface area contributed by atoms with Gasteiger partial charge in [0.25, 0.3) is 0 Å². The van der Waals surface area contributed by atoms with Crippen molar-refractivity contribution in [3.8, 4) is 0 Å². The van der Waals surface area contributed by atoms with Gasteiger partial charge in [-0.3, -0.25) is 0 Å². The number of rotatable bonds is 0. The molecular weight excluding hydrogens is 112 g/mol. The van der Waals surface area contributed by atoms with Crippen LogP contribution in [0.2, 0.25) is 0 Å². The predicted octanol–water partition coefficient (Wildman–Crippen LogP) is 0.115. The van der Waals surface area contributed by atoms with Crippen LogP contribution in [0.1, 0.15) is 19.3 Å². The summed E-state index contributed by atoms with van der Waals surface area (Å²) in [6.45, 7) is 2.32. The van der Waals surface area contributed by atoms with E-state index in [0.29, 0.717) is 12.1 Å². The topological polar surface area (TPSA) is 26.1 Å². The molecule has 2 nitrogen and oxygen atoms in total. The molecule has 2 rings (SSSR count). The standard InChI is InChI=1S/C7H13N2/c1-2-7-5-8-4-3-6(1)9-7/h6-8H,1-5H2. The third-order valence-electron chi connectivity index (χ3n) is 2.29. The monoisotopic (exact) mass is 125 g/mol. The fraction of sp³-hybridized carbons (Fsp3) is 1.00. The Morgan fingerprint density at radius 1 is 1.11 bits per heavy atom. The van der Waals surface area contributed by atoms with Crippen LogP contribution in [0.25, 0.3) is 0 Å². The second kappa shape index (κ2) is 2.27. The lowest BCUT2D eigenvalue weighted by atomic mass is 10.1. The maximum absolute atomic E-state index is 4.62. The van der Waals surface area contributed by atoms with E-state index in [-0.39, 0.29) is 0 Å². The largest absolute Gasteiger partial charge is 0.315 e. The predicted molar refractivity (Wildman–Crippen MR) is 36.4 cm³/mol. The average molecular weight is 125 g/mol. The second-order valence-electron chi connectivity index (χ2n) is 3.03. The van der Waals surface area contributed by atoms with E-state index in [1.54, 1.807) is 0 Å². The van der Waals surface area contributed by atoms with Gasteiger partial charge in [-0.2, -0.15) is 0 Å². The molecule has 0 saturated carbocycles. The van der Waals surface area contributed by atoms with Crippen LogP contribution in [0.5, 0.6) is 0 Å². The van der Waals surface area contributed by atoms with Crippen molar-refractivity contribution in [3.05, 3.63) is 0 Å². The van der Waals surface area contributed by atoms with Gasteiger partial charge in [0.05, 0.1) is 0 Å². The van der Waals surface area contributed by atoms with Gasteiger partial charge in [0.15, 0.2) is 0 Å². The Morgan fingerprint density at radius 3 is 3.00 bits per heavy atom. The highest BCUT2D eigenvalue weighted by Gasteiger charge is 2.26. The summed E-state index contributed by atoms with van der Waals surface area (Å²) in [5.74, 6) is 0. The van der Waals surface area contributed by atoms with Crippen LogP contribution in [-0.4, -0.2) is 25.2 Å². The summed E-state index contributed by atoms with van der Waals surface area (Å²) in [6, 6.07) is 1.38. The molecule has 2 atom stereocenters. The van der Waals surface area contributed by atoms with Crippen molar-refractivity contribution in [2.45, 2.75) is 31.3 Å². The Hall–Kier alpha value is -0.0800. The fourth-order valence-corrected chi connectivity index (χ4v) is 1.74. The van der Waals surface area contributed by atoms with Crippen LogP contribution in [0.15, 0.2) is 0 Å². The smallest absolute Gasteiger partial charge is 0.0374 e. The Labute approximate surface area is 56.0 Å². The molecule has 2 bridgehead atoms. The minimum Gasteiger partial charge on any atom is -0.315 e. The Kier molecular flexibility index (Phi) is 1.44. The summed E-state index contributed by atoms with van der Waals surface area (Å²) in [6.07, 6.45) is 3.96. The number of hydrogen-bond donors (Lipinski definition) is 1. The van der Waals surface area contributed by atoms with Crippen LogP contribution < -0.4 is 10.6 Å². The molecule has 0 aromatic heterocycles. The lowest BCUT2D eigenvalue weighted by Gasteiger charge is -2.05. The molecule has 51 valence electrons. The van der Waals surface area contributed by atoms with E-state index < -0.39 is 0 Å². The molecule has 2 heteroatoms. The van der Waals surface area contributed by atoms with Crippen molar-refractivity contribution in [3.63, 3.8) is 0 Å². The van der Waals surface area contributed by atoms with E-state index in [2.05, 4.69) is 10.6 Å². The van der Waals surface area contributed by atoms with Crippen molar-refractivity contribution in [1.82, 2.24) is 10.6 Å². The van der Waals surface area contributed by atoms with Gasteiger partial charge in [0.2, 0.25) is 0 Å². The third kappa shape index (κ3) is 1.10. The average Bonchev–Trinajstić information content (AvgIpc) is 2.09. The molecule has 2 saturated heterocycles. The van der Waals surface area contributed by atoms with Gasteiger partial charge in [0.1, 0.15) is 0 Å². The SMILES string of the molecule is C1CC2CCC(CN1)[N]2. The van der Waals surface area contributed by atoms with Gasteiger partial charge in [-0.05, 0) is 25.8 Å². The van der Waals surface area contributed by atoms with Crippen LogP contribution in [0.3, 0.4) is 0 Å². The zero-order chi connectivity index (χ0) is 6.10. The maximum atomic E-state index is 4.62. The van der Waals surface area contributed by atoms with E-state index in [1.807, 2.05) is 0 Å². The van der Waals surface area contributed by atoms with Gasteiger partial charge in [-0.25, -0.2) is 5.32 Å². The molecular formula is C7H13N2. The summed E-state index contributed by atoms with van der Waals surface area (Å²) < 4.78 is 0. The van der Waals surface area contributed by atoms with Crippen molar-refractivity contribution in [1.29, 1.82) is 0 Å². The van der Waals surface area contributed by atoms with E-state index in [9.17, 15) is 0 Å². The summed E-state index contributed by atoms with van der Waals surface area (Å²) in [4.78, 5) is 0. The summed E-state index contributed by atoms with van der Waals surface area (Å²) in [5, 5.41) is 8.01. The molecule has 1 N–H and O–H groups in total. The Morgan fingerprint density at radius 2 is 2.00 bits per heavy atom. The molecule has 2 heterocycles. The zero-order valence-electron chi connectivity index (χ0n) is 5.64. The van der Waals surface area contributed by atoms with Crippen molar-refractivity contribution < 1.29 is 0 Å². The second-order valence-corrected chi connectivity index (χ2v) is 3.03. The van der Waals surface area contributed by atoms with Gasteiger partial charge < -0.3 is 5.32 Å². The number of hydrogen-bond acceptors (Lipinski definition) is 1. The highest BCUT2D eigenvalue weighted by atomic mass is 15.1. The Balaban J connectivity index is 1.99. The number of nitrogens with zero attached hydrogens (tertiary/aromatic N) is 1. The lowest BCUT2D eigenvalue weighted by Crippen LogP contribution is -2.27. The van der Waals surface area contributed by atoms with Crippen molar-refractivity contribution in [2.24, 2.45) is 0 Å². The van der Waals surface area contributed by atoms with Gasteiger partial charge in [-0.15, -0.1) is 0 Å². The molecule has 0 aliphatic carbocycles. The Bertz CT molecular complexity index is 91.1. The highest BCUT2D eigenvalue weighted by Crippen LogP contribution is 2.18. The molecule has 1 radical (unpaired) electrons.